The van der Waals surface area contributed by atoms with Crippen molar-refractivity contribution in [1.82, 2.24) is 0 Å². The first kappa shape index (κ1) is 8.72. The Bertz CT molecular complexity index is 142. The summed E-state index contributed by atoms with van der Waals surface area (Å²) in [6, 6.07) is 0. The van der Waals surface area contributed by atoms with Crippen LogP contribution in [0.2, 0.25) is 0 Å². The zero-order valence-electron chi connectivity index (χ0n) is 6.20. The molecule has 0 saturated heterocycles. The highest BCUT2D eigenvalue weighted by Crippen LogP contribution is 2.30. The Morgan fingerprint density at radius 1 is 1.09 bits per heavy atom. The van der Waals surface area contributed by atoms with E-state index in [-0.39, 0.29) is 17.2 Å². The number of aldehydes is 2. The summed E-state index contributed by atoms with van der Waals surface area (Å²) in [5, 5.41) is -0.265. The minimum Gasteiger partial charge on any atom is -0.303 e. The molecular weight excluding hydrogens is 164 g/mol. The van der Waals surface area contributed by atoms with E-state index < -0.39 is 0 Å². The van der Waals surface area contributed by atoms with Crippen molar-refractivity contribution in [2.75, 3.05) is 0 Å². The Kier molecular flexibility index (Phi) is 3.06. The Morgan fingerprint density at radius 3 is 1.91 bits per heavy atom. The fraction of sp³-hybridized carbons (Fsp3) is 0.750. The minimum atomic E-state index is -0.265. The Hall–Kier alpha value is -0.370. The van der Waals surface area contributed by atoms with Crippen molar-refractivity contribution < 1.29 is 9.59 Å². The summed E-state index contributed by atoms with van der Waals surface area (Å²) in [5.41, 5.74) is 0. The molecule has 0 aromatic rings. The average Bonchev–Trinajstić information content (AvgIpc) is 2.05. The molecule has 2 atom stereocenters. The SMILES string of the molecule is O=CC1CCCC(C=O)C1Cl. The summed E-state index contributed by atoms with van der Waals surface area (Å²) in [6.07, 6.45) is 4.35. The first-order chi connectivity index (χ1) is 5.29. The van der Waals surface area contributed by atoms with Crippen LogP contribution in [0.25, 0.3) is 0 Å². The van der Waals surface area contributed by atoms with Crippen LogP contribution in [0.5, 0.6) is 0 Å². The van der Waals surface area contributed by atoms with E-state index in [1.165, 1.54) is 0 Å². The molecule has 2 nitrogen and oxygen atoms in total. The van der Waals surface area contributed by atoms with Crippen molar-refractivity contribution in [2.45, 2.75) is 24.6 Å². The number of carbonyl (C=O) groups excluding carboxylic acids is 2. The highest BCUT2D eigenvalue weighted by molar-refractivity contribution is 6.22. The van der Waals surface area contributed by atoms with Gasteiger partial charge in [-0.2, -0.15) is 0 Å². The van der Waals surface area contributed by atoms with Crippen LogP contribution in [0.3, 0.4) is 0 Å². The van der Waals surface area contributed by atoms with Gasteiger partial charge in [-0.3, -0.25) is 0 Å². The van der Waals surface area contributed by atoms with Gasteiger partial charge >= 0.3 is 0 Å². The lowest BCUT2D eigenvalue weighted by atomic mass is 9.82. The summed E-state index contributed by atoms with van der Waals surface area (Å²) in [4.78, 5) is 20.9. The van der Waals surface area contributed by atoms with Crippen LogP contribution >= 0.6 is 11.6 Å². The molecule has 3 heteroatoms. The molecule has 62 valence electrons. The molecular formula is C8H11ClO2. The van der Waals surface area contributed by atoms with Gasteiger partial charge in [0.2, 0.25) is 0 Å². The maximum Gasteiger partial charge on any atom is 0.124 e. The number of alkyl halides is 1. The molecule has 0 heterocycles. The van der Waals surface area contributed by atoms with E-state index in [1.54, 1.807) is 0 Å². The van der Waals surface area contributed by atoms with Gasteiger partial charge in [0.25, 0.3) is 0 Å². The molecule has 0 N–H and O–H groups in total. The second kappa shape index (κ2) is 3.86. The first-order valence-corrected chi connectivity index (χ1v) is 4.28. The molecule has 0 aromatic heterocycles. The van der Waals surface area contributed by atoms with Gasteiger partial charge in [-0.15, -0.1) is 11.6 Å². The average molecular weight is 175 g/mol. The third kappa shape index (κ3) is 1.80. The van der Waals surface area contributed by atoms with Crippen molar-refractivity contribution >= 4 is 24.2 Å². The van der Waals surface area contributed by atoms with Crippen molar-refractivity contribution in [3.8, 4) is 0 Å². The van der Waals surface area contributed by atoms with Crippen LogP contribution in [-0.2, 0) is 9.59 Å². The minimum absolute atomic E-state index is 0.111. The normalized spacial score (nSPS) is 38.1. The zero-order chi connectivity index (χ0) is 8.27. The predicted octanol–water partition coefficient (Wildman–Crippen LogP) is 1.41. The maximum absolute atomic E-state index is 10.4. The standard InChI is InChI=1S/C8H11ClO2/c9-8-6(4-10)2-1-3-7(8)5-11/h4-8H,1-3H2. The third-order valence-corrected chi connectivity index (χ3v) is 2.89. The Labute approximate surface area is 70.9 Å². The molecule has 0 bridgehead atoms. The molecule has 0 aromatic carbocycles. The zero-order valence-corrected chi connectivity index (χ0v) is 6.96. The van der Waals surface area contributed by atoms with Gasteiger partial charge in [0.15, 0.2) is 0 Å². The highest BCUT2D eigenvalue weighted by atomic mass is 35.5. The fourth-order valence-electron chi connectivity index (χ4n) is 1.51. The Morgan fingerprint density at radius 2 is 1.55 bits per heavy atom. The van der Waals surface area contributed by atoms with E-state index in [2.05, 4.69) is 0 Å². The third-order valence-electron chi connectivity index (χ3n) is 2.24. The van der Waals surface area contributed by atoms with E-state index in [4.69, 9.17) is 11.6 Å². The summed E-state index contributed by atoms with van der Waals surface area (Å²) in [7, 11) is 0. The summed E-state index contributed by atoms with van der Waals surface area (Å²) < 4.78 is 0. The molecule has 1 saturated carbocycles. The molecule has 1 aliphatic carbocycles. The van der Waals surface area contributed by atoms with Gasteiger partial charge in [-0.1, -0.05) is 6.42 Å². The molecule has 1 rings (SSSR count). The second-order valence-electron chi connectivity index (χ2n) is 2.98. The summed E-state index contributed by atoms with van der Waals surface area (Å²) >= 11 is 5.89. The van der Waals surface area contributed by atoms with Gasteiger partial charge in [0.05, 0.1) is 5.38 Å². The molecule has 1 aliphatic rings. The summed E-state index contributed by atoms with van der Waals surface area (Å²) in [6.45, 7) is 0. The van der Waals surface area contributed by atoms with Gasteiger partial charge in [0, 0.05) is 11.8 Å². The lowest BCUT2D eigenvalue weighted by Crippen LogP contribution is -2.30. The second-order valence-corrected chi connectivity index (χ2v) is 3.48. The van der Waals surface area contributed by atoms with Crippen LogP contribution in [0.1, 0.15) is 19.3 Å². The van der Waals surface area contributed by atoms with E-state index in [0.29, 0.717) is 0 Å². The van der Waals surface area contributed by atoms with Crippen molar-refractivity contribution in [1.29, 1.82) is 0 Å². The molecule has 0 spiro atoms. The quantitative estimate of drug-likeness (QED) is 0.469. The Balaban J connectivity index is 2.58. The smallest absolute Gasteiger partial charge is 0.124 e. The van der Waals surface area contributed by atoms with Gasteiger partial charge in [-0.25, -0.2) is 0 Å². The number of rotatable bonds is 2. The maximum atomic E-state index is 10.4. The van der Waals surface area contributed by atoms with Crippen molar-refractivity contribution in [3.63, 3.8) is 0 Å². The molecule has 0 amide bonds. The molecule has 1 fully saturated rings. The van der Waals surface area contributed by atoms with E-state index in [0.717, 1.165) is 31.8 Å². The molecule has 11 heavy (non-hydrogen) atoms. The van der Waals surface area contributed by atoms with Crippen LogP contribution in [-0.4, -0.2) is 17.9 Å². The molecule has 0 aliphatic heterocycles. The predicted molar refractivity (Wildman–Crippen MR) is 42.6 cm³/mol. The number of halogens is 1. The van der Waals surface area contributed by atoms with Gasteiger partial charge in [0.1, 0.15) is 12.6 Å². The lowest BCUT2D eigenvalue weighted by molar-refractivity contribution is -0.115. The molecule has 0 radical (unpaired) electrons. The molecule has 2 unspecified atom stereocenters. The number of hydrogen-bond donors (Lipinski definition) is 0. The van der Waals surface area contributed by atoms with E-state index in [1.807, 2.05) is 0 Å². The van der Waals surface area contributed by atoms with Crippen molar-refractivity contribution in [2.24, 2.45) is 11.8 Å². The number of hydrogen-bond acceptors (Lipinski definition) is 2. The summed E-state index contributed by atoms with van der Waals surface area (Å²) in [5.74, 6) is -0.221. The number of carbonyl (C=O) groups is 2. The topological polar surface area (TPSA) is 34.1 Å². The van der Waals surface area contributed by atoms with Crippen LogP contribution in [0, 0.1) is 11.8 Å². The van der Waals surface area contributed by atoms with Crippen LogP contribution in [0.4, 0.5) is 0 Å². The monoisotopic (exact) mass is 174 g/mol. The van der Waals surface area contributed by atoms with Crippen LogP contribution in [0.15, 0.2) is 0 Å². The fourth-order valence-corrected chi connectivity index (χ4v) is 1.88. The van der Waals surface area contributed by atoms with E-state index in [9.17, 15) is 9.59 Å². The lowest BCUT2D eigenvalue weighted by Gasteiger charge is -2.27. The van der Waals surface area contributed by atoms with Gasteiger partial charge < -0.3 is 9.59 Å². The van der Waals surface area contributed by atoms with Gasteiger partial charge in [-0.05, 0) is 12.8 Å². The first-order valence-electron chi connectivity index (χ1n) is 3.84. The van der Waals surface area contributed by atoms with Crippen molar-refractivity contribution in [3.05, 3.63) is 0 Å². The highest BCUT2D eigenvalue weighted by Gasteiger charge is 2.30. The van der Waals surface area contributed by atoms with Crippen LogP contribution < -0.4 is 0 Å². The van der Waals surface area contributed by atoms with E-state index >= 15 is 0 Å². The largest absolute Gasteiger partial charge is 0.303 e.